The Morgan fingerprint density at radius 3 is 2.88 bits per heavy atom. The van der Waals surface area contributed by atoms with E-state index in [1.807, 2.05) is 6.07 Å². The number of rotatable bonds is 3. The molecule has 0 amide bonds. The summed E-state index contributed by atoms with van der Waals surface area (Å²) in [6.07, 6.45) is 1.18. The minimum atomic E-state index is -3.02. The summed E-state index contributed by atoms with van der Waals surface area (Å²) in [7, 11) is -3.02. The standard InChI is InChI=1S/C10H10N4O2S/c1-17(15,16)5-4-14-10-3-2-8(7-11)6-9(10)12-13-14/h2-3,6H,4-5H2,1H3. The number of aromatic nitrogens is 3. The van der Waals surface area contributed by atoms with E-state index >= 15 is 0 Å². The van der Waals surface area contributed by atoms with Crippen molar-refractivity contribution in [3.8, 4) is 6.07 Å². The van der Waals surface area contributed by atoms with Crippen molar-refractivity contribution in [1.82, 2.24) is 15.0 Å². The van der Waals surface area contributed by atoms with Crippen molar-refractivity contribution in [2.24, 2.45) is 0 Å². The highest BCUT2D eigenvalue weighted by Gasteiger charge is 2.08. The summed E-state index contributed by atoms with van der Waals surface area (Å²) < 4.78 is 23.6. The van der Waals surface area contributed by atoms with Crippen LogP contribution in [0.3, 0.4) is 0 Å². The second-order valence-electron chi connectivity index (χ2n) is 3.76. The summed E-state index contributed by atoms with van der Waals surface area (Å²) in [5.41, 5.74) is 1.83. The van der Waals surface area contributed by atoms with E-state index in [0.29, 0.717) is 11.1 Å². The number of hydrogen-bond donors (Lipinski definition) is 0. The first kappa shape index (κ1) is 11.5. The molecule has 0 saturated carbocycles. The first-order valence-corrected chi connectivity index (χ1v) is 6.97. The molecule has 0 aliphatic rings. The van der Waals surface area contributed by atoms with E-state index in [1.54, 1.807) is 18.2 Å². The minimum Gasteiger partial charge on any atom is -0.244 e. The number of nitriles is 1. The Hall–Kier alpha value is -1.94. The van der Waals surface area contributed by atoms with Gasteiger partial charge in [-0.3, -0.25) is 0 Å². The molecule has 7 heteroatoms. The largest absolute Gasteiger partial charge is 0.244 e. The third-order valence-corrected chi connectivity index (χ3v) is 3.24. The minimum absolute atomic E-state index is 0.0193. The molecule has 0 fully saturated rings. The predicted molar refractivity (Wildman–Crippen MR) is 62.0 cm³/mol. The van der Waals surface area contributed by atoms with Crippen molar-refractivity contribution in [3.63, 3.8) is 0 Å². The van der Waals surface area contributed by atoms with Crippen LogP contribution in [0.4, 0.5) is 0 Å². The lowest BCUT2D eigenvalue weighted by atomic mass is 10.2. The van der Waals surface area contributed by atoms with Crippen molar-refractivity contribution in [1.29, 1.82) is 5.26 Å². The first-order chi connectivity index (χ1) is 7.99. The molecular formula is C10H10N4O2S. The zero-order valence-electron chi connectivity index (χ0n) is 9.16. The van der Waals surface area contributed by atoms with E-state index in [-0.39, 0.29) is 12.3 Å². The van der Waals surface area contributed by atoms with E-state index in [4.69, 9.17) is 5.26 Å². The fourth-order valence-corrected chi connectivity index (χ4v) is 1.96. The van der Waals surface area contributed by atoms with Crippen molar-refractivity contribution < 1.29 is 8.42 Å². The Bertz CT molecular complexity index is 697. The molecule has 0 bridgehead atoms. The number of hydrogen-bond acceptors (Lipinski definition) is 5. The molecule has 0 atom stereocenters. The van der Waals surface area contributed by atoms with E-state index in [0.717, 1.165) is 5.52 Å². The molecule has 0 unspecified atom stereocenters. The first-order valence-electron chi connectivity index (χ1n) is 4.91. The highest BCUT2D eigenvalue weighted by Crippen LogP contribution is 2.12. The molecule has 88 valence electrons. The monoisotopic (exact) mass is 250 g/mol. The fraction of sp³-hybridized carbons (Fsp3) is 0.300. The lowest BCUT2D eigenvalue weighted by Gasteiger charge is -2.00. The molecule has 17 heavy (non-hydrogen) atoms. The highest BCUT2D eigenvalue weighted by molar-refractivity contribution is 7.90. The average molecular weight is 250 g/mol. The Balaban J connectivity index is 2.34. The van der Waals surface area contributed by atoms with Gasteiger partial charge in [-0.25, -0.2) is 13.1 Å². The molecule has 1 aromatic carbocycles. The predicted octanol–water partition coefficient (Wildman–Crippen LogP) is 0.348. The van der Waals surface area contributed by atoms with E-state index in [9.17, 15) is 8.42 Å². The van der Waals surface area contributed by atoms with Crippen LogP contribution in [0.5, 0.6) is 0 Å². The molecule has 1 aromatic heterocycles. The average Bonchev–Trinajstić information content (AvgIpc) is 2.67. The van der Waals surface area contributed by atoms with Gasteiger partial charge < -0.3 is 0 Å². The molecule has 1 heterocycles. The maximum atomic E-state index is 11.1. The van der Waals surface area contributed by atoms with Crippen LogP contribution in [0, 0.1) is 11.3 Å². The van der Waals surface area contributed by atoms with Crippen molar-refractivity contribution in [2.75, 3.05) is 12.0 Å². The summed E-state index contributed by atoms with van der Waals surface area (Å²) in [5, 5.41) is 16.5. The lowest BCUT2D eigenvalue weighted by molar-refractivity contribution is 0.585. The third-order valence-electron chi connectivity index (χ3n) is 2.32. The van der Waals surface area contributed by atoms with E-state index < -0.39 is 9.84 Å². The van der Waals surface area contributed by atoms with Crippen LogP contribution in [0.25, 0.3) is 11.0 Å². The van der Waals surface area contributed by atoms with Gasteiger partial charge in [0, 0.05) is 6.26 Å². The van der Waals surface area contributed by atoms with Gasteiger partial charge in [-0.05, 0) is 18.2 Å². The summed E-state index contributed by atoms with van der Waals surface area (Å²) in [6.45, 7) is 0.265. The van der Waals surface area contributed by atoms with Crippen LogP contribution >= 0.6 is 0 Å². The molecule has 0 aliphatic carbocycles. The molecule has 0 saturated heterocycles. The zero-order valence-corrected chi connectivity index (χ0v) is 9.98. The van der Waals surface area contributed by atoms with Crippen LogP contribution in [-0.2, 0) is 16.4 Å². The summed E-state index contributed by atoms with van der Waals surface area (Å²) in [6, 6.07) is 7.01. The number of benzene rings is 1. The Morgan fingerprint density at radius 2 is 2.24 bits per heavy atom. The van der Waals surface area contributed by atoms with Gasteiger partial charge in [0.05, 0.1) is 29.4 Å². The van der Waals surface area contributed by atoms with E-state index in [1.165, 1.54) is 10.9 Å². The molecular weight excluding hydrogens is 240 g/mol. The number of fused-ring (bicyclic) bond motifs is 1. The Labute approximate surface area is 98.4 Å². The van der Waals surface area contributed by atoms with Crippen LogP contribution in [0.15, 0.2) is 18.2 Å². The molecule has 0 spiro atoms. The zero-order chi connectivity index (χ0) is 12.5. The fourth-order valence-electron chi connectivity index (χ4n) is 1.46. The molecule has 0 radical (unpaired) electrons. The molecule has 0 aliphatic heterocycles. The van der Waals surface area contributed by atoms with Crippen molar-refractivity contribution in [2.45, 2.75) is 6.54 Å². The van der Waals surface area contributed by atoms with Crippen molar-refractivity contribution >= 4 is 20.9 Å². The van der Waals surface area contributed by atoms with Gasteiger partial charge in [-0.1, -0.05) is 5.21 Å². The Morgan fingerprint density at radius 1 is 1.47 bits per heavy atom. The third kappa shape index (κ3) is 2.60. The van der Waals surface area contributed by atoms with Crippen LogP contribution in [0.2, 0.25) is 0 Å². The molecule has 2 aromatic rings. The van der Waals surface area contributed by atoms with Gasteiger partial charge in [-0.15, -0.1) is 5.10 Å². The van der Waals surface area contributed by atoms with Gasteiger partial charge in [0.15, 0.2) is 0 Å². The quantitative estimate of drug-likeness (QED) is 0.784. The number of nitrogens with zero attached hydrogens (tertiary/aromatic N) is 4. The van der Waals surface area contributed by atoms with Gasteiger partial charge in [0.2, 0.25) is 0 Å². The lowest BCUT2D eigenvalue weighted by Crippen LogP contribution is -2.12. The molecule has 2 rings (SSSR count). The summed E-state index contributed by atoms with van der Waals surface area (Å²) in [4.78, 5) is 0. The van der Waals surface area contributed by atoms with Crippen LogP contribution in [-0.4, -0.2) is 35.4 Å². The molecule has 6 nitrogen and oxygen atoms in total. The highest BCUT2D eigenvalue weighted by atomic mass is 32.2. The number of aryl methyl sites for hydroxylation is 1. The van der Waals surface area contributed by atoms with Gasteiger partial charge in [0.25, 0.3) is 0 Å². The normalized spacial score (nSPS) is 11.5. The summed E-state index contributed by atoms with van der Waals surface area (Å²) >= 11 is 0. The van der Waals surface area contributed by atoms with Gasteiger partial charge in [-0.2, -0.15) is 5.26 Å². The van der Waals surface area contributed by atoms with Crippen molar-refractivity contribution in [3.05, 3.63) is 23.8 Å². The van der Waals surface area contributed by atoms with Crippen LogP contribution in [0.1, 0.15) is 5.56 Å². The topological polar surface area (TPSA) is 88.6 Å². The molecule has 0 N–H and O–H groups in total. The maximum Gasteiger partial charge on any atom is 0.149 e. The Kier molecular flexibility index (Phi) is 2.81. The number of sulfone groups is 1. The smallest absolute Gasteiger partial charge is 0.149 e. The van der Waals surface area contributed by atoms with Gasteiger partial charge >= 0.3 is 0 Å². The second kappa shape index (κ2) is 4.14. The summed E-state index contributed by atoms with van der Waals surface area (Å²) in [5.74, 6) is 0.0193. The van der Waals surface area contributed by atoms with Crippen LogP contribution < -0.4 is 0 Å². The van der Waals surface area contributed by atoms with E-state index in [2.05, 4.69) is 10.3 Å². The maximum absolute atomic E-state index is 11.1. The SMILES string of the molecule is CS(=O)(=O)CCn1nnc2cc(C#N)ccc21. The van der Waals surface area contributed by atoms with Gasteiger partial charge in [0.1, 0.15) is 15.4 Å². The second-order valence-corrected chi connectivity index (χ2v) is 6.02.